The number of carboxylic acid groups (broad SMARTS) is 1. The van der Waals surface area contributed by atoms with Crippen LogP contribution in [0.1, 0.15) is 59.3 Å². The summed E-state index contributed by atoms with van der Waals surface area (Å²) in [5, 5.41) is 13.3. The summed E-state index contributed by atoms with van der Waals surface area (Å²) in [7, 11) is 0. The minimum absolute atomic E-state index is 0.102. The van der Waals surface area contributed by atoms with Crippen LogP contribution in [0.4, 0.5) is 29.3 Å². The number of anilines is 2. The minimum atomic E-state index is -4.84. The number of rotatable bonds is 9. The molecule has 2 aromatic carbocycles. The third-order valence-corrected chi connectivity index (χ3v) is 6.18. The van der Waals surface area contributed by atoms with Crippen LogP contribution in [-0.4, -0.2) is 34.5 Å². The van der Waals surface area contributed by atoms with Gasteiger partial charge in [-0.1, -0.05) is 18.2 Å². The van der Waals surface area contributed by atoms with Crippen molar-refractivity contribution in [3.63, 3.8) is 0 Å². The summed E-state index contributed by atoms with van der Waals surface area (Å²) in [6.45, 7) is 3.33. The van der Waals surface area contributed by atoms with Gasteiger partial charge in [0.2, 0.25) is 5.91 Å². The van der Waals surface area contributed by atoms with Crippen molar-refractivity contribution < 1.29 is 37.4 Å². The summed E-state index contributed by atoms with van der Waals surface area (Å²) in [5.41, 5.74) is 1.87. The molecule has 204 valence electrons. The van der Waals surface area contributed by atoms with Gasteiger partial charge in [0.05, 0.1) is 30.0 Å². The summed E-state index contributed by atoms with van der Waals surface area (Å²) in [6, 6.07) is 10.1. The van der Waals surface area contributed by atoms with Gasteiger partial charge < -0.3 is 15.2 Å². The van der Waals surface area contributed by atoms with Crippen molar-refractivity contribution in [2.24, 2.45) is 0 Å². The van der Waals surface area contributed by atoms with Gasteiger partial charge in [0, 0.05) is 35.0 Å². The van der Waals surface area contributed by atoms with Gasteiger partial charge in [-0.15, -0.1) is 0 Å². The molecule has 1 aliphatic rings. The number of Topliss-reactive ketones (excluding diaryl/α,β-unsaturated/α-hetero) is 1. The zero-order valence-corrected chi connectivity index (χ0v) is 21.2. The van der Waals surface area contributed by atoms with Crippen LogP contribution in [0.3, 0.4) is 0 Å². The predicted molar refractivity (Wildman–Crippen MR) is 138 cm³/mol. The Hall–Kier alpha value is -4.41. The van der Waals surface area contributed by atoms with E-state index in [1.807, 2.05) is 24.4 Å². The van der Waals surface area contributed by atoms with Crippen molar-refractivity contribution in [2.45, 2.75) is 45.2 Å². The lowest BCUT2D eigenvalue weighted by Crippen LogP contribution is -2.20. The molecule has 1 fully saturated rings. The summed E-state index contributed by atoms with van der Waals surface area (Å²) >= 11 is 0. The van der Waals surface area contributed by atoms with Gasteiger partial charge in [-0.05, 0) is 56.0 Å². The second-order valence-electron chi connectivity index (χ2n) is 9.18. The predicted octanol–water partition coefficient (Wildman–Crippen LogP) is 6.65. The van der Waals surface area contributed by atoms with E-state index in [0.717, 1.165) is 41.3 Å². The van der Waals surface area contributed by atoms with E-state index in [9.17, 15) is 27.6 Å². The van der Waals surface area contributed by atoms with Crippen LogP contribution in [-0.2, 0) is 11.0 Å². The number of aromatic nitrogens is 1. The average Bonchev–Trinajstić information content (AvgIpc) is 3.70. The van der Waals surface area contributed by atoms with E-state index >= 15 is 0 Å². The van der Waals surface area contributed by atoms with Gasteiger partial charge >= 0.3 is 12.3 Å². The van der Waals surface area contributed by atoms with Crippen LogP contribution in [0.15, 0.2) is 48.7 Å². The fraction of sp³-hybridized carbons (Fsp3) is 0.286. The van der Waals surface area contributed by atoms with Crippen LogP contribution in [0.25, 0.3) is 11.1 Å². The third kappa shape index (κ3) is 6.73. The monoisotopic (exact) mass is 541 g/mol. The Labute approximate surface area is 222 Å². The first-order chi connectivity index (χ1) is 18.5. The second kappa shape index (κ2) is 11.1. The number of carbonyl (C=O) groups is 3. The number of alkyl halides is 3. The molecule has 0 bridgehead atoms. The molecule has 1 aliphatic carbocycles. The number of aryl methyl sites for hydroxylation is 1. The first-order valence-electron chi connectivity index (χ1n) is 12.2. The zero-order valence-electron chi connectivity index (χ0n) is 21.2. The van der Waals surface area contributed by atoms with Crippen LogP contribution in [0.2, 0.25) is 0 Å². The van der Waals surface area contributed by atoms with E-state index in [-0.39, 0.29) is 17.9 Å². The molecular formula is C28H26F3N3O5. The molecule has 0 spiro atoms. The number of ketones is 1. The Morgan fingerprint density at radius 2 is 1.79 bits per heavy atom. The molecule has 2 amide bonds. The quantitative estimate of drug-likeness (QED) is 0.206. The molecule has 8 nitrogen and oxygen atoms in total. The first kappa shape index (κ1) is 27.6. The fourth-order valence-corrected chi connectivity index (χ4v) is 4.18. The first-order valence-corrected chi connectivity index (χ1v) is 12.2. The van der Waals surface area contributed by atoms with Gasteiger partial charge in [-0.2, -0.15) is 13.2 Å². The molecule has 0 aliphatic heterocycles. The number of ether oxygens (including phenoxy) is 1. The van der Waals surface area contributed by atoms with Gasteiger partial charge in [-0.25, -0.2) is 4.79 Å². The zero-order chi connectivity index (χ0) is 28.3. The Bertz CT molecular complexity index is 1430. The minimum Gasteiger partial charge on any atom is -0.493 e. The van der Waals surface area contributed by atoms with Gasteiger partial charge in [0.15, 0.2) is 5.78 Å². The summed E-state index contributed by atoms with van der Waals surface area (Å²) in [5.74, 6) is -1.58. The molecule has 39 heavy (non-hydrogen) atoms. The number of pyridine rings is 1. The highest BCUT2D eigenvalue weighted by molar-refractivity contribution is 6.12. The number of hydrogen-bond acceptors (Lipinski definition) is 5. The molecule has 1 heterocycles. The second-order valence-corrected chi connectivity index (χ2v) is 9.18. The van der Waals surface area contributed by atoms with Crippen molar-refractivity contribution >= 4 is 29.2 Å². The van der Waals surface area contributed by atoms with Crippen LogP contribution in [0.5, 0.6) is 5.75 Å². The maximum Gasteiger partial charge on any atom is 0.420 e. The normalized spacial score (nSPS) is 13.1. The van der Waals surface area contributed by atoms with E-state index < -0.39 is 47.4 Å². The average molecular weight is 542 g/mol. The summed E-state index contributed by atoms with van der Waals surface area (Å²) in [6.07, 6.45) is -3.07. The van der Waals surface area contributed by atoms with Crippen molar-refractivity contribution in [2.75, 3.05) is 17.2 Å². The molecule has 0 saturated heterocycles. The lowest BCUT2D eigenvalue weighted by atomic mass is 9.97. The number of carbonyl (C=O) groups excluding carboxylic acids is 2. The summed E-state index contributed by atoms with van der Waals surface area (Å²) < 4.78 is 45.8. The molecule has 0 atom stereocenters. The van der Waals surface area contributed by atoms with Crippen molar-refractivity contribution in [1.29, 1.82) is 0 Å². The highest BCUT2D eigenvalue weighted by Gasteiger charge is 2.36. The van der Waals surface area contributed by atoms with Gasteiger partial charge in [0.1, 0.15) is 5.75 Å². The number of nitrogens with zero attached hydrogens (tertiary/aromatic N) is 1. The molecule has 3 N–H and O–H groups in total. The smallest absolute Gasteiger partial charge is 0.420 e. The molecule has 11 heteroatoms. The Kier molecular flexibility index (Phi) is 7.89. The third-order valence-electron chi connectivity index (χ3n) is 6.18. The molecular weight excluding hydrogens is 515 g/mol. The number of nitrogens with one attached hydrogen (secondary N) is 2. The Morgan fingerprint density at radius 1 is 1.08 bits per heavy atom. The topological polar surface area (TPSA) is 118 Å². The van der Waals surface area contributed by atoms with Crippen molar-refractivity contribution in [1.82, 2.24) is 4.98 Å². The van der Waals surface area contributed by atoms with Crippen molar-refractivity contribution in [3.8, 4) is 16.9 Å². The van der Waals surface area contributed by atoms with E-state index in [1.165, 1.54) is 13.0 Å². The number of amides is 2. The largest absolute Gasteiger partial charge is 0.493 e. The van der Waals surface area contributed by atoms with E-state index in [2.05, 4.69) is 10.3 Å². The lowest BCUT2D eigenvalue weighted by molar-refractivity contribution is -0.138. The van der Waals surface area contributed by atoms with Crippen molar-refractivity contribution in [3.05, 3.63) is 71.0 Å². The Balaban J connectivity index is 1.54. The molecule has 1 aromatic heterocycles. The number of hydrogen-bond donors (Lipinski definition) is 3. The number of halogens is 3. The van der Waals surface area contributed by atoms with E-state index in [0.29, 0.717) is 12.0 Å². The Morgan fingerprint density at radius 3 is 2.41 bits per heavy atom. The highest BCUT2D eigenvalue weighted by Crippen LogP contribution is 2.42. The molecule has 3 aromatic rings. The van der Waals surface area contributed by atoms with Crippen LogP contribution in [0, 0.1) is 6.92 Å². The standard InChI is InChI=1S/C28H26F3N3O5/c1-3-39-25-12-23(34-27(37)38)22(11-20(25)28(29,30)31)33-26(36)13-24(35)18-6-4-5-17(10-18)19-14-32-21(9-15(19)2)16-7-8-16/h4-6,9-12,14,16,34H,3,7-8,13H2,1-2H3,(H,33,36)(H,37,38). The molecule has 0 unspecified atom stereocenters. The molecule has 0 radical (unpaired) electrons. The maximum absolute atomic E-state index is 13.6. The lowest BCUT2D eigenvalue weighted by Gasteiger charge is -2.18. The maximum atomic E-state index is 13.6. The fourth-order valence-electron chi connectivity index (χ4n) is 4.18. The van der Waals surface area contributed by atoms with Gasteiger partial charge in [-0.3, -0.25) is 19.9 Å². The summed E-state index contributed by atoms with van der Waals surface area (Å²) in [4.78, 5) is 41.3. The van der Waals surface area contributed by atoms with Crippen LogP contribution >= 0.6 is 0 Å². The molecule has 4 rings (SSSR count). The van der Waals surface area contributed by atoms with Gasteiger partial charge in [0.25, 0.3) is 0 Å². The van der Waals surface area contributed by atoms with Crippen LogP contribution < -0.4 is 15.4 Å². The number of benzene rings is 2. The SMILES string of the molecule is CCOc1cc(NC(=O)O)c(NC(=O)CC(=O)c2cccc(-c3cnc(C4CC4)cc3C)c2)cc1C(F)(F)F. The van der Waals surface area contributed by atoms with E-state index in [1.54, 1.807) is 18.3 Å². The van der Waals surface area contributed by atoms with E-state index in [4.69, 9.17) is 9.84 Å². The highest BCUT2D eigenvalue weighted by atomic mass is 19.4. The molecule has 1 saturated carbocycles.